The van der Waals surface area contributed by atoms with E-state index in [0.29, 0.717) is 19.3 Å². The van der Waals surface area contributed by atoms with Gasteiger partial charge in [0.15, 0.2) is 6.10 Å². The smallest absolute Gasteiger partial charge is 0.306 e. The van der Waals surface area contributed by atoms with E-state index in [4.69, 9.17) is 14.2 Å². The quantitative estimate of drug-likeness (QED) is 0.0261. The van der Waals surface area contributed by atoms with Crippen molar-refractivity contribution in [1.82, 2.24) is 0 Å². The highest BCUT2D eigenvalue weighted by Gasteiger charge is 2.19. The Hall–Kier alpha value is -3.93. The number of unbranched alkanes of at least 4 members (excludes halogenated alkanes) is 29. The molecule has 0 aromatic heterocycles. The lowest BCUT2D eigenvalue weighted by molar-refractivity contribution is -0.167. The fraction of sp³-hybridized carbons (Fsp3) is 0.704. The fourth-order valence-corrected chi connectivity index (χ4v) is 8.95. The molecule has 0 aromatic carbocycles. The number of carbonyl (C=O) groups is 3. The Balaban J connectivity index is 4.39. The minimum atomic E-state index is -0.794. The van der Waals surface area contributed by atoms with Crippen LogP contribution in [0.4, 0.5) is 0 Å². The third kappa shape index (κ3) is 62.8. The van der Waals surface area contributed by atoms with Crippen LogP contribution in [-0.4, -0.2) is 37.2 Å². The predicted molar refractivity (Wildman–Crippen MR) is 334 cm³/mol. The first kappa shape index (κ1) is 73.1. The van der Waals surface area contributed by atoms with Gasteiger partial charge in [0, 0.05) is 19.3 Å². The standard InChI is InChI=1S/C71H120O6/c1-4-7-10-13-16-19-22-25-28-30-32-34-35-37-38-40-43-46-49-52-55-58-61-64-70(73)76-67-68(66-75-69(72)63-60-57-54-51-48-45-42-27-24-21-18-15-12-9-6-3)77-71(74)65-62-59-56-53-50-47-44-41-39-36-33-31-29-26-23-20-17-14-11-8-5-2/h8-9,11-12,17-18,20-22,25-27,29-30,32-33,36,42,68H,4-7,10,13-16,19,23-24,28,31,34-35,37-41,43-67H2,1-3H3/b11-8-,12-9-,20-17-,21-18-,25-22-,29-26-,32-30-,36-33-,42-27-. The molecule has 0 heterocycles. The molecule has 0 rings (SSSR count). The van der Waals surface area contributed by atoms with E-state index in [1.165, 1.54) is 128 Å². The monoisotopic (exact) mass is 1070 g/mol. The van der Waals surface area contributed by atoms with E-state index >= 15 is 0 Å². The van der Waals surface area contributed by atoms with E-state index in [2.05, 4.69) is 130 Å². The largest absolute Gasteiger partial charge is 0.462 e. The van der Waals surface area contributed by atoms with Crippen LogP contribution in [0.3, 0.4) is 0 Å². The summed E-state index contributed by atoms with van der Waals surface area (Å²) in [5.74, 6) is -0.908. The van der Waals surface area contributed by atoms with Crippen molar-refractivity contribution in [2.24, 2.45) is 0 Å². The van der Waals surface area contributed by atoms with E-state index < -0.39 is 6.10 Å². The Bertz CT molecular complexity index is 1560. The predicted octanol–water partition coefficient (Wildman–Crippen LogP) is 22.2. The van der Waals surface area contributed by atoms with Crippen molar-refractivity contribution in [2.75, 3.05) is 13.2 Å². The van der Waals surface area contributed by atoms with E-state index in [9.17, 15) is 14.4 Å². The molecule has 6 nitrogen and oxygen atoms in total. The van der Waals surface area contributed by atoms with E-state index in [1.54, 1.807) is 0 Å². The molecule has 1 atom stereocenters. The van der Waals surface area contributed by atoms with Crippen LogP contribution in [0.5, 0.6) is 0 Å². The third-order valence-electron chi connectivity index (χ3n) is 13.7. The first-order valence-electron chi connectivity index (χ1n) is 32.4. The van der Waals surface area contributed by atoms with Gasteiger partial charge in [-0.25, -0.2) is 0 Å². The maximum Gasteiger partial charge on any atom is 0.306 e. The summed E-state index contributed by atoms with van der Waals surface area (Å²) < 4.78 is 16.9. The van der Waals surface area contributed by atoms with Gasteiger partial charge in [0.05, 0.1) is 0 Å². The molecular formula is C71H120O6. The Labute approximate surface area is 476 Å². The highest BCUT2D eigenvalue weighted by molar-refractivity contribution is 5.71. The number of hydrogen-bond acceptors (Lipinski definition) is 6. The lowest BCUT2D eigenvalue weighted by Gasteiger charge is -2.18. The van der Waals surface area contributed by atoms with Gasteiger partial charge >= 0.3 is 17.9 Å². The van der Waals surface area contributed by atoms with Crippen LogP contribution in [0.15, 0.2) is 109 Å². The van der Waals surface area contributed by atoms with Gasteiger partial charge in [0.25, 0.3) is 0 Å². The lowest BCUT2D eigenvalue weighted by Crippen LogP contribution is -2.30. The molecule has 1 unspecified atom stereocenters. The zero-order valence-electron chi connectivity index (χ0n) is 50.4. The number of carbonyl (C=O) groups excluding carboxylic acids is 3. The van der Waals surface area contributed by atoms with Crippen molar-refractivity contribution >= 4 is 17.9 Å². The molecular weight excluding hydrogens is 949 g/mol. The second kappa shape index (κ2) is 64.6. The molecule has 0 radical (unpaired) electrons. The molecule has 0 spiro atoms. The van der Waals surface area contributed by atoms with Crippen molar-refractivity contribution in [1.29, 1.82) is 0 Å². The number of esters is 3. The Morgan fingerprint density at radius 3 is 0.792 bits per heavy atom. The molecule has 0 aliphatic rings. The average Bonchev–Trinajstić information content (AvgIpc) is 3.43. The molecule has 0 amide bonds. The molecule has 0 saturated heterocycles. The summed E-state index contributed by atoms with van der Waals surface area (Å²) in [6, 6.07) is 0. The number of ether oxygens (including phenoxy) is 3. The Kier molecular flexibility index (Phi) is 61.3. The highest BCUT2D eigenvalue weighted by Crippen LogP contribution is 2.16. The second-order valence-electron chi connectivity index (χ2n) is 21.3. The third-order valence-corrected chi connectivity index (χ3v) is 13.7. The number of hydrogen-bond donors (Lipinski definition) is 0. The maximum atomic E-state index is 12.9. The molecule has 0 aromatic rings. The van der Waals surface area contributed by atoms with Crippen LogP contribution in [0, 0.1) is 0 Å². The Morgan fingerprint density at radius 1 is 0.273 bits per heavy atom. The maximum absolute atomic E-state index is 12.9. The van der Waals surface area contributed by atoms with Crippen LogP contribution in [-0.2, 0) is 28.6 Å². The van der Waals surface area contributed by atoms with Crippen LogP contribution >= 0.6 is 0 Å². The normalized spacial score (nSPS) is 12.8. The summed E-state index contributed by atoms with van der Waals surface area (Å²) >= 11 is 0. The SMILES string of the molecule is CC/C=C\C/C=C\C/C=C\C/C=C\CCCCCCCCCCC(=O)OC(COC(=O)CCCCCCC/C=C\C/C=C\C/C=C\CC)COC(=O)CCCCCCCCCCCCC/C=C\C/C=C\CCCCCCC. The molecule has 0 aliphatic carbocycles. The van der Waals surface area contributed by atoms with Crippen molar-refractivity contribution < 1.29 is 28.6 Å². The van der Waals surface area contributed by atoms with Crippen LogP contribution < -0.4 is 0 Å². The molecule has 77 heavy (non-hydrogen) atoms. The summed E-state index contributed by atoms with van der Waals surface area (Å²) in [4.78, 5) is 38.4. The van der Waals surface area contributed by atoms with Crippen LogP contribution in [0.2, 0.25) is 0 Å². The van der Waals surface area contributed by atoms with Crippen LogP contribution in [0.1, 0.15) is 303 Å². The summed E-state index contributed by atoms with van der Waals surface area (Å²) in [6.07, 6.45) is 88.0. The van der Waals surface area contributed by atoms with Gasteiger partial charge in [-0.05, 0) is 122 Å². The fourth-order valence-electron chi connectivity index (χ4n) is 8.95. The topological polar surface area (TPSA) is 78.9 Å². The lowest BCUT2D eigenvalue weighted by atomic mass is 10.0. The van der Waals surface area contributed by atoms with Gasteiger partial charge in [-0.3, -0.25) is 14.4 Å². The molecule has 0 bridgehead atoms. The van der Waals surface area contributed by atoms with Gasteiger partial charge < -0.3 is 14.2 Å². The van der Waals surface area contributed by atoms with Crippen molar-refractivity contribution in [3.05, 3.63) is 109 Å². The molecule has 0 fully saturated rings. The van der Waals surface area contributed by atoms with Gasteiger partial charge in [0.1, 0.15) is 13.2 Å². The van der Waals surface area contributed by atoms with Crippen molar-refractivity contribution in [2.45, 2.75) is 309 Å². The summed E-state index contributed by atoms with van der Waals surface area (Å²) in [5, 5.41) is 0. The molecule has 0 aliphatic heterocycles. The van der Waals surface area contributed by atoms with Crippen LogP contribution in [0.25, 0.3) is 0 Å². The minimum absolute atomic E-state index is 0.0885. The molecule has 6 heteroatoms. The molecule has 0 saturated carbocycles. The summed E-state index contributed by atoms with van der Waals surface area (Å²) in [5.41, 5.74) is 0. The van der Waals surface area contributed by atoms with E-state index in [0.717, 1.165) is 135 Å². The second-order valence-corrected chi connectivity index (χ2v) is 21.3. The first-order chi connectivity index (χ1) is 38.0. The zero-order valence-corrected chi connectivity index (χ0v) is 50.4. The van der Waals surface area contributed by atoms with Gasteiger partial charge in [0.2, 0.25) is 0 Å². The Morgan fingerprint density at radius 2 is 0.506 bits per heavy atom. The van der Waals surface area contributed by atoms with Crippen molar-refractivity contribution in [3.63, 3.8) is 0 Å². The minimum Gasteiger partial charge on any atom is -0.462 e. The number of allylic oxidation sites excluding steroid dienone is 18. The van der Waals surface area contributed by atoms with Gasteiger partial charge in [-0.15, -0.1) is 0 Å². The first-order valence-corrected chi connectivity index (χ1v) is 32.4. The molecule has 440 valence electrons. The van der Waals surface area contributed by atoms with Gasteiger partial charge in [-0.2, -0.15) is 0 Å². The zero-order chi connectivity index (χ0) is 55.7. The van der Waals surface area contributed by atoms with Gasteiger partial charge in [-0.1, -0.05) is 271 Å². The van der Waals surface area contributed by atoms with E-state index in [-0.39, 0.29) is 31.1 Å². The highest BCUT2D eigenvalue weighted by atomic mass is 16.6. The summed E-state index contributed by atoms with van der Waals surface area (Å²) in [6.45, 7) is 6.41. The summed E-state index contributed by atoms with van der Waals surface area (Å²) in [7, 11) is 0. The average molecular weight is 1070 g/mol. The number of rotatable bonds is 58. The van der Waals surface area contributed by atoms with E-state index in [1.807, 2.05) is 0 Å². The molecule has 0 N–H and O–H groups in total. The van der Waals surface area contributed by atoms with Crippen molar-refractivity contribution in [3.8, 4) is 0 Å².